The Morgan fingerprint density at radius 3 is 2.14 bits per heavy atom. The summed E-state index contributed by atoms with van der Waals surface area (Å²) in [6.07, 6.45) is -7.32. The number of rotatable bonds is 2. The third-order valence-electron chi connectivity index (χ3n) is 7.40. The smallest absolute Gasteiger partial charge is 0.386 e. The highest BCUT2D eigenvalue weighted by Gasteiger charge is 2.54. The molecule has 0 aromatic carbocycles. The number of nitrogens with zero attached hydrogens (tertiary/aromatic N) is 7. The lowest BCUT2D eigenvalue weighted by Gasteiger charge is -2.29. The van der Waals surface area contributed by atoms with Crippen LogP contribution in [0.3, 0.4) is 0 Å². The van der Waals surface area contributed by atoms with Crippen LogP contribution < -0.4 is 11.5 Å². The highest BCUT2D eigenvalue weighted by molar-refractivity contribution is 8.44. The van der Waals surface area contributed by atoms with Gasteiger partial charge in [0.05, 0.1) is 31.6 Å². The van der Waals surface area contributed by atoms with Crippen molar-refractivity contribution in [1.29, 1.82) is 0 Å². The number of halogens is 2. The van der Waals surface area contributed by atoms with E-state index in [0.29, 0.717) is 11.2 Å². The maximum absolute atomic E-state index is 16.0. The van der Waals surface area contributed by atoms with Gasteiger partial charge < -0.3 is 30.0 Å². The molecule has 0 saturated carbocycles. The molecule has 4 N–H and O–H groups in total. The Balaban J connectivity index is 1.17. The highest BCUT2D eigenvalue weighted by atomic mass is 32.7. The quantitative estimate of drug-likeness (QED) is 0.156. The van der Waals surface area contributed by atoms with Gasteiger partial charge in [-0.2, -0.15) is 0 Å². The van der Waals surface area contributed by atoms with Crippen LogP contribution in [0.1, 0.15) is 12.5 Å². The summed E-state index contributed by atoms with van der Waals surface area (Å²) in [4.78, 5) is 20.4. The molecule has 3 fully saturated rings. The molecule has 0 aliphatic carbocycles. The topological polar surface area (TPSA) is 216 Å². The molecule has 7 heterocycles. The second kappa shape index (κ2) is 11.0. The van der Waals surface area contributed by atoms with Gasteiger partial charge in [-0.25, -0.2) is 38.3 Å². The molecular weight excluding hydrogens is 649 g/mol. The predicted octanol–water partition coefficient (Wildman–Crippen LogP) is 1.50. The maximum Gasteiger partial charge on any atom is 0.386 e. The Morgan fingerprint density at radius 1 is 0.864 bits per heavy atom. The first-order chi connectivity index (χ1) is 20.9. The second-order valence-corrected chi connectivity index (χ2v) is 15.2. The van der Waals surface area contributed by atoms with Gasteiger partial charge in [-0.3, -0.25) is 22.7 Å². The maximum atomic E-state index is 16.0. The van der Waals surface area contributed by atoms with Crippen LogP contribution in [0.15, 0.2) is 31.2 Å². The van der Waals surface area contributed by atoms with E-state index in [4.69, 9.17) is 39.0 Å². The first kappa shape index (κ1) is 29.9. The zero-order valence-corrected chi connectivity index (χ0v) is 25.3. The summed E-state index contributed by atoms with van der Waals surface area (Å²) in [6.45, 7) is -5.53. The number of fused-ring (bicyclic) bond motifs is 4. The SMILES string of the molecule is B[P@]1(=O)OC[C@H]2O[C@@H](n3cnc4c(N)ccnc43)[C@H](F)[C@@H]2O[P@@](=O)(S)OC[C@H]2O[C@@H](n3cnc4c(N)ncnc43)[C@H](F)[C@@H]2O1. The van der Waals surface area contributed by atoms with E-state index in [2.05, 4.69) is 37.2 Å². The molecule has 23 heteroatoms. The lowest BCUT2D eigenvalue weighted by molar-refractivity contribution is -0.0546. The summed E-state index contributed by atoms with van der Waals surface area (Å²) in [5.41, 5.74) is 13.0. The van der Waals surface area contributed by atoms with Crippen LogP contribution in [-0.2, 0) is 36.7 Å². The average Bonchev–Trinajstić information content (AvgIpc) is 3.73. The third-order valence-corrected chi connectivity index (χ3v) is 10.3. The fourth-order valence-electron chi connectivity index (χ4n) is 5.36. The number of imidazole rings is 2. The lowest BCUT2D eigenvalue weighted by Crippen LogP contribution is -2.37. The van der Waals surface area contributed by atoms with Gasteiger partial charge in [0, 0.05) is 6.20 Å². The van der Waals surface area contributed by atoms with Crippen molar-refractivity contribution in [2.75, 3.05) is 24.7 Å². The van der Waals surface area contributed by atoms with Gasteiger partial charge in [0.25, 0.3) is 15.0 Å². The number of anilines is 2. The molecule has 0 amide bonds. The van der Waals surface area contributed by atoms with Crippen LogP contribution in [0.5, 0.6) is 0 Å². The van der Waals surface area contributed by atoms with E-state index in [-0.39, 0.29) is 22.6 Å². The fraction of sp³-hybridized carbons (Fsp3) is 0.476. The van der Waals surface area contributed by atoms with Crippen LogP contribution in [0.2, 0.25) is 0 Å². The molecular formula is C21H24BF2N9O8P2S. The molecule has 17 nitrogen and oxygen atoms in total. The average molecular weight is 673 g/mol. The molecule has 3 saturated heterocycles. The zero-order chi connectivity index (χ0) is 31.0. The molecule has 7 rings (SSSR count). The molecule has 44 heavy (non-hydrogen) atoms. The van der Waals surface area contributed by atoms with Crippen LogP contribution in [0.4, 0.5) is 20.3 Å². The first-order valence-corrected chi connectivity index (χ1v) is 17.8. The Morgan fingerprint density at radius 2 is 1.45 bits per heavy atom. The minimum atomic E-state index is -4.36. The Labute approximate surface area is 252 Å². The number of nitrogen functional groups attached to an aromatic ring is 2. The molecule has 4 aromatic heterocycles. The number of aromatic nitrogens is 7. The summed E-state index contributed by atoms with van der Waals surface area (Å²) in [7, 11) is -2.95. The van der Waals surface area contributed by atoms with Crippen molar-refractivity contribution in [1.82, 2.24) is 34.1 Å². The van der Waals surface area contributed by atoms with E-state index >= 15 is 8.78 Å². The summed E-state index contributed by atoms with van der Waals surface area (Å²) < 4.78 is 95.2. The summed E-state index contributed by atoms with van der Waals surface area (Å²) >= 11 is 4.02. The molecule has 3 aliphatic heterocycles. The van der Waals surface area contributed by atoms with Crippen molar-refractivity contribution < 1.29 is 45.5 Å². The van der Waals surface area contributed by atoms with Gasteiger partial charge in [-0.1, -0.05) is 12.2 Å². The van der Waals surface area contributed by atoms with Gasteiger partial charge >= 0.3 is 6.80 Å². The Kier molecular flexibility index (Phi) is 7.46. The molecule has 0 spiro atoms. The van der Waals surface area contributed by atoms with E-state index in [1.807, 2.05) is 0 Å². The monoisotopic (exact) mass is 673 g/mol. The van der Waals surface area contributed by atoms with Gasteiger partial charge in [0.1, 0.15) is 41.8 Å². The molecule has 0 radical (unpaired) electrons. The summed E-state index contributed by atoms with van der Waals surface area (Å²) in [5, 5.41) is 0. The third kappa shape index (κ3) is 5.19. The van der Waals surface area contributed by atoms with Gasteiger partial charge in [-0.05, 0) is 6.07 Å². The van der Waals surface area contributed by atoms with E-state index in [1.165, 1.54) is 40.4 Å². The van der Waals surface area contributed by atoms with E-state index in [9.17, 15) is 9.13 Å². The molecule has 0 unspecified atom stereocenters. The number of thiol groups is 1. The predicted molar refractivity (Wildman–Crippen MR) is 154 cm³/mol. The van der Waals surface area contributed by atoms with Crippen molar-refractivity contribution in [2.45, 2.75) is 49.2 Å². The Bertz CT molecular complexity index is 1710. The minimum absolute atomic E-state index is 0.0654. The van der Waals surface area contributed by atoms with Crippen molar-refractivity contribution in [2.24, 2.45) is 0 Å². The molecule has 3 aliphatic rings. The van der Waals surface area contributed by atoms with E-state index in [1.54, 1.807) is 0 Å². The van der Waals surface area contributed by atoms with Gasteiger partial charge in [-0.15, -0.1) is 0 Å². The normalized spacial score (nSPS) is 38.2. The molecule has 234 valence electrons. The molecule has 4 aromatic rings. The highest BCUT2D eigenvalue weighted by Crippen LogP contribution is 2.58. The number of hydrogen-bond acceptors (Lipinski definition) is 15. The molecule has 10 atom stereocenters. The van der Waals surface area contributed by atoms with Crippen molar-refractivity contribution >= 4 is 67.9 Å². The largest absolute Gasteiger partial charge is 0.397 e. The van der Waals surface area contributed by atoms with Crippen molar-refractivity contribution in [3.63, 3.8) is 0 Å². The van der Waals surface area contributed by atoms with Crippen LogP contribution in [0.25, 0.3) is 22.3 Å². The van der Waals surface area contributed by atoms with Crippen LogP contribution in [0, 0.1) is 0 Å². The second-order valence-electron chi connectivity index (χ2n) is 10.3. The van der Waals surface area contributed by atoms with Gasteiger partial charge in [0.15, 0.2) is 41.9 Å². The van der Waals surface area contributed by atoms with Crippen LogP contribution in [-0.4, -0.2) is 91.6 Å². The standard InChI is InChI=1S/C21H24BF2N9O8P2S/c22-42(34)36-3-9-16(12(24)21(38-9)32-6-30-13-8(25)1-2-27-18(13)32)41-43(35,44)37-4-10-15(40-42)11(23)20(39-10)33-7-31-14-17(26)28-5-29-19(14)33/h1-2,5-7,9-12,15-16,20-21H,3-4,22H2,(H2,25,27)(H,35,44)(H2,26,28,29)/t9-,10-,11-,12-,15-,16-,20-,21-,42+,43+/m1/s1. The number of nitrogens with two attached hydrogens (primary N) is 2. The first-order valence-electron chi connectivity index (χ1n) is 13.1. The summed E-state index contributed by atoms with van der Waals surface area (Å²) in [6, 6.07) is 1.53. The van der Waals surface area contributed by atoms with E-state index in [0.717, 1.165) is 7.57 Å². The minimum Gasteiger partial charge on any atom is -0.397 e. The van der Waals surface area contributed by atoms with Crippen molar-refractivity contribution in [3.05, 3.63) is 31.2 Å². The number of pyridine rings is 1. The lowest BCUT2D eigenvalue weighted by atomic mass is 10.1. The number of alkyl halides is 2. The Hall–Kier alpha value is -2.74. The zero-order valence-electron chi connectivity index (χ0n) is 22.6. The van der Waals surface area contributed by atoms with Gasteiger partial charge in [0.2, 0.25) is 0 Å². The number of hydrogen-bond donors (Lipinski definition) is 3. The number of ether oxygens (including phenoxy) is 2. The fourth-order valence-corrected chi connectivity index (χ4v) is 8.02. The summed E-state index contributed by atoms with van der Waals surface area (Å²) in [5.74, 6) is 0.0654. The van der Waals surface area contributed by atoms with Crippen molar-refractivity contribution in [3.8, 4) is 0 Å². The van der Waals surface area contributed by atoms with Crippen LogP contribution >= 0.6 is 26.5 Å². The van der Waals surface area contributed by atoms with E-state index < -0.39 is 76.7 Å². The molecule has 0 bridgehead atoms.